The zero-order valence-corrected chi connectivity index (χ0v) is 22.9. The lowest BCUT2D eigenvalue weighted by Gasteiger charge is -2.39. The van der Waals surface area contributed by atoms with E-state index in [1.807, 2.05) is 35.4 Å². The zero-order valence-electron chi connectivity index (χ0n) is 21.3. The fourth-order valence-corrected chi connectivity index (χ4v) is 7.57. The molecule has 1 aliphatic heterocycles. The standard InChI is InChI=1S/C29H31N3O3S2/c1-3-35-29(34)25-19-8-5-4-6-11-23(19)37-28(25)32-21-9-7-10-22(33)26(21)24(20(16-30)27(32)31)17-12-14-18(36-2)15-13-17/h12-15,24H,3-11,31H2,1-2H3/t24-/m0/s1. The van der Waals surface area contributed by atoms with Gasteiger partial charge in [0.05, 0.1) is 29.7 Å². The Balaban J connectivity index is 1.73. The van der Waals surface area contributed by atoms with E-state index in [1.54, 1.807) is 30.0 Å². The van der Waals surface area contributed by atoms with Crippen molar-refractivity contribution in [2.45, 2.75) is 69.1 Å². The number of rotatable bonds is 5. The number of nitrogens with two attached hydrogens (primary N) is 1. The first-order chi connectivity index (χ1) is 18.0. The second-order valence-corrected chi connectivity index (χ2v) is 11.5. The SMILES string of the molecule is CCOC(=O)c1c(N2C(N)=C(C#N)[C@H](c3ccc(SC)cc3)C3=C2CCCC3=O)sc2c1CCCCC2. The summed E-state index contributed by atoms with van der Waals surface area (Å²) in [7, 11) is 0. The number of aryl methyl sites for hydroxylation is 1. The van der Waals surface area contributed by atoms with Crippen molar-refractivity contribution in [3.8, 4) is 6.07 Å². The van der Waals surface area contributed by atoms with Gasteiger partial charge in [-0.2, -0.15) is 5.26 Å². The number of thioether (sulfide) groups is 1. The van der Waals surface area contributed by atoms with Gasteiger partial charge in [0.1, 0.15) is 10.8 Å². The number of hydrogen-bond acceptors (Lipinski definition) is 8. The largest absolute Gasteiger partial charge is 0.462 e. The number of fused-ring (bicyclic) bond motifs is 1. The molecule has 0 radical (unpaired) electrons. The van der Waals surface area contributed by atoms with Crippen molar-refractivity contribution in [1.29, 1.82) is 5.26 Å². The van der Waals surface area contributed by atoms with Crippen molar-refractivity contribution in [2.24, 2.45) is 5.73 Å². The molecular weight excluding hydrogens is 502 g/mol. The van der Waals surface area contributed by atoms with Crippen LogP contribution in [0.4, 0.5) is 5.00 Å². The van der Waals surface area contributed by atoms with E-state index in [-0.39, 0.29) is 18.4 Å². The molecule has 0 amide bonds. The number of carbonyl (C=O) groups excluding carboxylic acids is 2. The minimum absolute atomic E-state index is 0.0428. The fourth-order valence-electron chi connectivity index (χ4n) is 5.75. The zero-order chi connectivity index (χ0) is 26.1. The Labute approximate surface area is 226 Å². The van der Waals surface area contributed by atoms with Crippen molar-refractivity contribution in [3.63, 3.8) is 0 Å². The number of anilines is 1. The fraction of sp³-hybridized carbons (Fsp3) is 0.414. The average molecular weight is 534 g/mol. The number of carbonyl (C=O) groups is 2. The van der Waals surface area contributed by atoms with Crippen LogP contribution in [0, 0.1) is 11.3 Å². The van der Waals surface area contributed by atoms with Crippen LogP contribution < -0.4 is 10.6 Å². The Morgan fingerprint density at radius 1 is 1.16 bits per heavy atom. The molecule has 0 spiro atoms. The monoisotopic (exact) mass is 533 g/mol. The van der Waals surface area contributed by atoms with Gasteiger partial charge in [-0.3, -0.25) is 9.69 Å². The number of Topliss-reactive ketones (excluding diaryl/α,β-unsaturated/α-hetero) is 1. The summed E-state index contributed by atoms with van der Waals surface area (Å²) in [6.45, 7) is 2.08. The second-order valence-electron chi connectivity index (χ2n) is 9.55. The molecule has 0 bridgehead atoms. The van der Waals surface area contributed by atoms with Gasteiger partial charge in [0.15, 0.2) is 5.78 Å². The summed E-state index contributed by atoms with van der Waals surface area (Å²) in [5.41, 5.74) is 11.1. The maximum atomic E-state index is 13.5. The first kappa shape index (κ1) is 25.6. The minimum atomic E-state index is -0.510. The van der Waals surface area contributed by atoms with Gasteiger partial charge in [-0.25, -0.2) is 4.79 Å². The molecule has 192 valence electrons. The maximum Gasteiger partial charge on any atom is 0.341 e. The van der Waals surface area contributed by atoms with E-state index < -0.39 is 5.92 Å². The lowest BCUT2D eigenvalue weighted by atomic mass is 9.75. The van der Waals surface area contributed by atoms with E-state index in [2.05, 4.69) is 6.07 Å². The molecule has 0 unspecified atom stereocenters. The van der Waals surface area contributed by atoms with Gasteiger partial charge >= 0.3 is 5.97 Å². The molecule has 6 nitrogen and oxygen atoms in total. The molecule has 2 heterocycles. The van der Waals surface area contributed by atoms with Gasteiger partial charge in [-0.1, -0.05) is 18.6 Å². The third-order valence-corrected chi connectivity index (χ3v) is 9.47. The van der Waals surface area contributed by atoms with Crippen molar-refractivity contribution >= 4 is 39.9 Å². The smallest absolute Gasteiger partial charge is 0.341 e. The average Bonchev–Trinajstić information content (AvgIpc) is 3.10. The highest BCUT2D eigenvalue weighted by Crippen LogP contribution is 2.50. The first-order valence-corrected chi connectivity index (χ1v) is 15.0. The van der Waals surface area contributed by atoms with Crippen LogP contribution in [0.1, 0.15) is 77.7 Å². The van der Waals surface area contributed by atoms with Gasteiger partial charge in [0.25, 0.3) is 0 Å². The summed E-state index contributed by atoms with van der Waals surface area (Å²) in [4.78, 5) is 31.0. The van der Waals surface area contributed by atoms with Gasteiger partial charge < -0.3 is 10.5 Å². The van der Waals surface area contributed by atoms with E-state index in [0.29, 0.717) is 46.8 Å². The molecule has 2 aliphatic carbocycles. The minimum Gasteiger partial charge on any atom is -0.462 e. The molecule has 0 saturated heterocycles. The van der Waals surface area contributed by atoms with Crippen LogP contribution >= 0.6 is 23.1 Å². The summed E-state index contributed by atoms with van der Waals surface area (Å²) >= 11 is 3.21. The number of hydrogen-bond donors (Lipinski definition) is 1. The van der Waals surface area contributed by atoms with Crippen LogP contribution in [0.25, 0.3) is 0 Å². The molecular formula is C29H31N3O3S2. The normalized spacial score (nSPS) is 19.8. The first-order valence-electron chi connectivity index (χ1n) is 12.9. The molecule has 1 aromatic heterocycles. The van der Waals surface area contributed by atoms with Crippen molar-refractivity contribution < 1.29 is 14.3 Å². The molecule has 0 saturated carbocycles. The molecule has 1 aromatic carbocycles. The highest BCUT2D eigenvalue weighted by atomic mass is 32.2. The summed E-state index contributed by atoms with van der Waals surface area (Å²) in [5.74, 6) is -0.524. The Hall–Kier alpha value is -3.02. The summed E-state index contributed by atoms with van der Waals surface area (Å²) in [5, 5.41) is 11.0. The predicted molar refractivity (Wildman–Crippen MR) is 148 cm³/mol. The van der Waals surface area contributed by atoms with E-state index in [4.69, 9.17) is 10.5 Å². The lowest BCUT2D eigenvalue weighted by molar-refractivity contribution is -0.116. The summed E-state index contributed by atoms with van der Waals surface area (Å²) < 4.78 is 5.52. The van der Waals surface area contributed by atoms with Crippen LogP contribution in [-0.4, -0.2) is 24.6 Å². The number of esters is 1. The number of nitriles is 1. The van der Waals surface area contributed by atoms with Gasteiger partial charge in [0, 0.05) is 27.5 Å². The quantitative estimate of drug-likeness (QED) is 0.277. The maximum absolute atomic E-state index is 13.5. The van der Waals surface area contributed by atoms with Crippen LogP contribution in [0.2, 0.25) is 0 Å². The number of benzene rings is 1. The molecule has 0 fully saturated rings. The molecule has 37 heavy (non-hydrogen) atoms. The highest BCUT2D eigenvalue weighted by Gasteiger charge is 2.42. The molecule has 2 N–H and O–H groups in total. The number of thiophene rings is 1. The van der Waals surface area contributed by atoms with Crippen molar-refractivity contribution in [1.82, 2.24) is 0 Å². The number of nitrogens with zero attached hydrogens (tertiary/aromatic N) is 2. The van der Waals surface area contributed by atoms with Crippen LogP contribution in [0.15, 0.2) is 51.8 Å². The molecule has 8 heteroatoms. The van der Waals surface area contributed by atoms with Gasteiger partial charge in [-0.15, -0.1) is 23.1 Å². The Morgan fingerprint density at radius 3 is 2.62 bits per heavy atom. The van der Waals surface area contributed by atoms with E-state index in [9.17, 15) is 14.9 Å². The molecule has 5 rings (SSSR count). The molecule has 1 atom stereocenters. The topological polar surface area (TPSA) is 96.4 Å². The van der Waals surface area contributed by atoms with Crippen molar-refractivity contribution in [3.05, 3.63) is 68.5 Å². The van der Waals surface area contributed by atoms with E-state index in [0.717, 1.165) is 53.8 Å². The van der Waals surface area contributed by atoms with E-state index >= 15 is 0 Å². The second kappa shape index (κ2) is 10.8. The Kier molecular flexibility index (Phi) is 7.45. The van der Waals surface area contributed by atoms with Crippen LogP contribution in [-0.2, 0) is 22.4 Å². The molecule has 2 aromatic rings. The Bertz CT molecular complexity index is 1350. The van der Waals surface area contributed by atoms with Crippen molar-refractivity contribution in [2.75, 3.05) is 17.8 Å². The number of ether oxygens (including phenoxy) is 1. The summed E-state index contributed by atoms with van der Waals surface area (Å²) in [6.07, 6.45) is 8.77. The Morgan fingerprint density at radius 2 is 1.92 bits per heavy atom. The van der Waals surface area contributed by atoms with Gasteiger partial charge in [-0.05, 0) is 75.0 Å². The van der Waals surface area contributed by atoms with E-state index in [1.165, 1.54) is 4.88 Å². The predicted octanol–water partition coefficient (Wildman–Crippen LogP) is 6.22. The lowest BCUT2D eigenvalue weighted by Crippen LogP contribution is -2.39. The summed E-state index contributed by atoms with van der Waals surface area (Å²) in [6, 6.07) is 10.3. The van der Waals surface area contributed by atoms with Crippen LogP contribution in [0.5, 0.6) is 0 Å². The third-order valence-electron chi connectivity index (χ3n) is 7.45. The number of allylic oxidation sites excluding steroid dienone is 3. The van der Waals surface area contributed by atoms with Crippen LogP contribution in [0.3, 0.4) is 0 Å². The molecule has 3 aliphatic rings. The highest BCUT2D eigenvalue weighted by molar-refractivity contribution is 7.98. The van der Waals surface area contributed by atoms with Gasteiger partial charge in [0.2, 0.25) is 0 Å². The number of ketones is 1. The third kappa shape index (κ3) is 4.49.